The summed E-state index contributed by atoms with van der Waals surface area (Å²) in [6.45, 7) is 12.9. The summed E-state index contributed by atoms with van der Waals surface area (Å²) in [5.74, 6) is 0. The van der Waals surface area contributed by atoms with Gasteiger partial charge >= 0.3 is 0 Å². The molecule has 0 fully saturated rings. The van der Waals surface area contributed by atoms with Gasteiger partial charge in [0.25, 0.3) is 0 Å². The first kappa shape index (κ1) is 19.0. The smallest absolute Gasteiger partial charge is 0.105 e. The van der Waals surface area contributed by atoms with Gasteiger partial charge in [-0.05, 0) is 0 Å². The zero-order chi connectivity index (χ0) is 15.1. The van der Waals surface area contributed by atoms with Gasteiger partial charge in [-0.25, -0.2) is 0 Å². The molecule has 0 spiro atoms. The summed E-state index contributed by atoms with van der Waals surface area (Å²) in [6.07, 6.45) is 4.28. The van der Waals surface area contributed by atoms with E-state index in [1.54, 1.807) is 18.2 Å². The second kappa shape index (κ2) is 14.4. The molecule has 20 heavy (non-hydrogen) atoms. The van der Waals surface area contributed by atoms with Gasteiger partial charge in [-0.2, -0.15) is 0 Å². The van der Waals surface area contributed by atoms with Gasteiger partial charge in [0.2, 0.25) is 0 Å². The van der Waals surface area contributed by atoms with Crippen LogP contribution in [0.1, 0.15) is 0 Å². The number of aliphatic hydroxyl groups is 1. The maximum Gasteiger partial charge on any atom is 0.105 e. The largest absolute Gasteiger partial charge is 0.394 e. The average Bonchev–Trinajstić information content (AvgIpc) is 2.46. The minimum atomic E-state index is -0.417. The predicted octanol–water partition coefficient (Wildman–Crippen LogP) is 1.34. The van der Waals surface area contributed by atoms with Crippen LogP contribution in [0, 0.1) is 0 Å². The van der Waals surface area contributed by atoms with E-state index in [4.69, 9.17) is 18.9 Å². The summed E-state index contributed by atoms with van der Waals surface area (Å²) in [5.41, 5.74) is 0. The molecule has 0 bridgehead atoms. The summed E-state index contributed by atoms with van der Waals surface area (Å²) >= 11 is 0. The third-order valence-corrected chi connectivity index (χ3v) is 2.21. The van der Waals surface area contributed by atoms with Crippen LogP contribution in [0.3, 0.4) is 0 Å². The molecule has 0 aliphatic heterocycles. The Morgan fingerprint density at radius 1 is 0.750 bits per heavy atom. The van der Waals surface area contributed by atoms with Crippen LogP contribution in [0.5, 0.6) is 0 Å². The molecule has 0 aromatic rings. The molecule has 0 aromatic carbocycles. The summed E-state index contributed by atoms with van der Waals surface area (Å²) in [5, 5.41) is 9.27. The van der Waals surface area contributed by atoms with Gasteiger partial charge in [0.15, 0.2) is 0 Å². The Kier molecular flexibility index (Phi) is 13.7. The molecule has 1 N–H and O–H groups in total. The first-order valence-electron chi connectivity index (χ1n) is 6.60. The Morgan fingerprint density at radius 2 is 1.15 bits per heavy atom. The standard InChI is InChI=1S/C15H26O5/c1-4-7-17-11-14(10-16)20-15(12-18-8-5-2)13-19-9-6-3/h4-6,14-16H,1-3,7-13H2. The average molecular weight is 286 g/mol. The first-order valence-corrected chi connectivity index (χ1v) is 6.60. The van der Waals surface area contributed by atoms with Crippen molar-refractivity contribution in [3.05, 3.63) is 38.0 Å². The van der Waals surface area contributed by atoms with Gasteiger partial charge in [-0.15, -0.1) is 19.7 Å². The lowest BCUT2D eigenvalue weighted by Crippen LogP contribution is -2.35. The number of aliphatic hydroxyl groups excluding tert-OH is 1. The lowest BCUT2D eigenvalue weighted by atomic mass is 10.3. The van der Waals surface area contributed by atoms with Crippen molar-refractivity contribution < 1.29 is 24.1 Å². The Morgan fingerprint density at radius 3 is 1.50 bits per heavy atom. The number of rotatable bonds is 15. The van der Waals surface area contributed by atoms with Crippen molar-refractivity contribution in [2.24, 2.45) is 0 Å². The highest BCUT2D eigenvalue weighted by Gasteiger charge is 2.17. The Bertz CT molecular complexity index is 241. The van der Waals surface area contributed by atoms with E-state index in [1.165, 1.54) is 0 Å². The van der Waals surface area contributed by atoms with Crippen molar-refractivity contribution in [2.75, 3.05) is 46.2 Å². The van der Waals surface area contributed by atoms with E-state index in [2.05, 4.69) is 19.7 Å². The highest BCUT2D eigenvalue weighted by molar-refractivity contribution is 4.69. The number of hydrogen-bond donors (Lipinski definition) is 1. The Labute approximate surface area is 121 Å². The van der Waals surface area contributed by atoms with Crippen LogP contribution < -0.4 is 0 Å². The van der Waals surface area contributed by atoms with Crippen LogP contribution in [-0.2, 0) is 18.9 Å². The number of hydrogen-bond acceptors (Lipinski definition) is 5. The van der Waals surface area contributed by atoms with Gasteiger partial charge in [0.05, 0.1) is 46.2 Å². The van der Waals surface area contributed by atoms with Crippen molar-refractivity contribution in [1.82, 2.24) is 0 Å². The fourth-order valence-corrected chi connectivity index (χ4v) is 1.38. The molecule has 0 radical (unpaired) electrons. The van der Waals surface area contributed by atoms with Gasteiger partial charge < -0.3 is 24.1 Å². The molecule has 5 nitrogen and oxygen atoms in total. The minimum absolute atomic E-state index is 0.128. The van der Waals surface area contributed by atoms with Crippen LogP contribution >= 0.6 is 0 Å². The predicted molar refractivity (Wildman–Crippen MR) is 78.8 cm³/mol. The molecule has 5 heteroatoms. The SMILES string of the molecule is C=CCOCC(CO)OC(COCC=C)COCC=C. The minimum Gasteiger partial charge on any atom is -0.394 e. The van der Waals surface area contributed by atoms with Crippen molar-refractivity contribution in [2.45, 2.75) is 12.2 Å². The molecule has 1 atom stereocenters. The molecule has 1 unspecified atom stereocenters. The molecular weight excluding hydrogens is 260 g/mol. The Hall–Kier alpha value is -0.980. The van der Waals surface area contributed by atoms with Crippen molar-refractivity contribution in [3.8, 4) is 0 Å². The van der Waals surface area contributed by atoms with Gasteiger partial charge in [0, 0.05) is 0 Å². The van der Waals surface area contributed by atoms with Crippen LogP contribution in [0.25, 0.3) is 0 Å². The summed E-state index contributed by atoms with van der Waals surface area (Å²) in [7, 11) is 0. The molecular formula is C15H26O5. The topological polar surface area (TPSA) is 57.2 Å². The third-order valence-electron chi connectivity index (χ3n) is 2.21. The Balaban J connectivity index is 4.13. The van der Waals surface area contributed by atoms with E-state index in [0.29, 0.717) is 39.6 Å². The molecule has 0 aromatic heterocycles. The van der Waals surface area contributed by atoms with E-state index >= 15 is 0 Å². The maximum atomic E-state index is 9.27. The van der Waals surface area contributed by atoms with E-state index in [-0.39, 0.29) is 12.7 Å². The fourth-order valence-electron chi connectivity index (χ4n) is 1.38. The van der Waals surface area contributed by atoms with Crippen LogP contribution in [0.15, 0.2) is 38.0 Å². The molecule has 116 valence electrons. The monoisotopic (exact) mass is 286 g/mol. The molecule has 0 aliphatic rings. The fraction of sp³-hybridized carbons (Fsp3) is 0.600. The first-order chi connectivity index (χ1) is 9.78. The summed E-state index contributed by atoms with van der Waals surface area (Å²) < 4.78 is 21.7. The van der Waals surface area contributed by atoms with Crippen molar-refractivity contribution in [3.63, 3.8) is 0 Å². The maximum absolute atomic E-state index is 9.27. The van der Waals surface area contributed by atoms with E-state index in [1.807, 2.05) is 0 Å². The van der Waals surface area contributed by atoms with E-state index in [0.717, 1.165) is 0 Å². The zero-order valence-corrected chi connectivity index (χ0v) is 12.0. The molecule has 0 aliphatic carbocycles. The van der Waals surface area contributed by atoms with E-state index < -0.39 is 6.10 Å². The van der Waals surface area contributed by atoms with Gasteiger partial charge in [-0.1, -0.05) is 18.2 Å². The van der Waals surface area contributed by atoms with Gasteiger partial charge in [0.1, 0.15) is 12.2 Å². The highest BCUT2D eigenvalue weighted by Crippen LogP contribution is 2.03. The lowest BCUT2D eigenvalue weighted by Gasteiger charge is -2.23. The summed E-state index contributed by atoms with van der Waals surface area (Å²) in [6, 6.07) is 0. The molecule has 0 rings (SSSR count). The normalized spacial score (nSPS) is 12.3. The van der Waals surface area contributed by atoms with Crippen molar-refractivity contribution in [1.29, 1.82) is 0 Å². The van der Waals surface area contributed by atoms with Gasteiger partial charge in [-0.3, -0.25) is 0 Å². The lowest BCUT2D eigenvalue weighted by molar-refractivity contribution is -0.118. The summed E-state index contributed by atoms with van der Waals surface area (Å²) in [4.78, 5) is 0. The third kappa shape index (κ3) is 10.9. The molecule has 0 amide bonds. The molecule has 0 saturated carbocycles. The zero-order valence-electron chi connectivity index (χ0n) is 12.0. The van der Waals surface area contributed by atoms with E-state index in [9.17, 15) is 5.11 Å². The second-order valence-corrected chi connectivity index (χ2v) is 4.04. The quantitative estimate of drug-likeness (QED) is 0.364. The highest BCUT2D eigenvalue weighted by atomic mass is 16.6. The molecule has 0 heterocycles. The van der Waals surface area contributed by atoms with Crippen LogP contribution in [0.4, 0.5) is 0 Å². The van der Waals surface area contributed by atoms with Crippen LogP contribution in [-0.4, -0.2) is 63.6 Å². The van der Waals surface area contributed by atoms with Crippen molar-refractivity contribution >= 4 is 0 Å². The molecule has 0 saturated heterocycles. The second-order valence-electron chi connectivity index (χ2n) is 4.04. The van der Waals surface area contributed by atoms with Crippen LogP contribution in [0.2, 0.25) is 0 Å². The number of ether oxygens (including phenoxy) is 4.